The van der Waals surface area contributed by atoms with Gasteiger partial charge in [-0.05, 0) is 6.42 Å². The highest BCUT2D eigenvalue weighted by atomic mass is 15.4. The van der Waals surface area contributed by atoms with E-state index in [9.17, 15) is 0 Å². The number of hydrazine groups is 1. The van der Waals surface area contributed by atoms with Crippen LogP contribution < -0.4 is 17.0 Å². The Morgan fingerprint density at radius 3 is 3.08 bits per heavy atom. The van der Waals surface area contributed by atoms with Crippen LogP contribution in [0, 0.1) is 0 Å². The van der Waals surface area contributed by atoms with Crippen LogP contribution in [0.5, 0.6) is 0 Å². The van der Waals surface area contributed by atoms with Crippen LogP contribution in [0.1, 0.15) is 6.42 Å². The van der Waals surface area contributed by atoms with Gasteiger partial charge in [-0.1, -0.05) is 5.21 Å². The van der Waals surface area contributed by atoms with Gasteiger partial charge in [0, 0.05) is 19.3 Å². The molecule has 13 heavy (non-hydrogen) atoms. The minimum absolute atomic E-state index is 0.249. The third-order valence-corrected chi connectivity index (χ3v) is 1.45. The Balaban J connectivity index is 2.15. The largest absolute Gasteiger partial charge is 0.369 e. The van der Waals surface area contributed by atoms with Crippen LogP contribution in [0.15, 0.2) is 17.4 Å². The average molecular weight is 183 g/mol. The van der Waals surface area contributed by atoms with Crippen LogP contribution in [-0.2, 0) is 6.54 Å². The molecule has 0 aromatic carbocycles. The van der Waals surface area contributed by atoms with Crippen LogP contribution in [-0.4, -0.2) is 27.5 Å². The van der Waals surface area contributed by atoms with Crippen LogP contribution >= 0.6 is 0 Å². The highest BCUT2D eigenvalue weighted by molar-refractivity contribution is 5.76. The van der Waals surface area contributed by atoms with E-state index in [1.807, 2.05) is 0 Å². The minimum atomic E-state index is 0.249. The Labute approximate surface area is 75.8 Å². The fraction of sp³-hybridized carbons (Fsp3) is 0.500. The zero-order valence-electron chi connectivity index (χ0n) is 7.22. The number of aliphatic imine (C=N–C) groups is 1. The molecular weight excluding hydrogens is 170 g/mol. The van der Waals surface area contributed by atoms with Gasteiger partial charge >= 0.3 is 0 Å². The predicted molar refractivity (Wildman–Crippen MR) is 48.5 cm³/mol. The van der Waals surface area contributed by atoms with Crippen molar-refractivity contribution in [3.8, 4) is 0 Å². The summed E-state index contributed by atoms with van der Waals surface area (Å²) in [6.07, 6.45) is 4.29. The standard InChI is InChI=1S/C6H13N7/c7-6(11-8)9-2-1-4-13-5-3-10-12-13/h3,5H,1-2,4,8H2,(H3,7,9,11). The molecule has 0 spiro atoms. The van der Waals surface area contributed by atoms with Crippen LogP contribution in [0.3, 0.4) is 0 Å². The number of nitrogens with zero attached hydrogens (tertiary/aromatic N) is 4. The monoisotopic (exact) mass is 183 g/mol. The molecule has 0 saturated heterocycles. The molecule has 0 unspecified atom stereocenters. The summed E-state index contributed by atoms with van der Waals surface area (Å²) in [5.74, 6) is 5.26. The lowest BCUT2D eigenvalue weighted by Crippen LogP contribution is -2.37. The molecule has 7 nitrogen and oxygen atoms in total. The van der Waals surface area contributed by atoms with Crippen LogP contribution in [0.25, 0.3) is 0 Å². The number of rotatable bonds is 4. The van der Waals surface area contributed by atoms with Gasteiger partial charge in [0.15, 0.2) is 0 Å². The quantitative estimate of drug-likeness (QED) is 0.172. The Morgan fingerprint density at radius 2 is 2.46 bits per heavy atom. The maximum Gasteiger partial charge on any atom is 0.203 e. The smallest absolute Gasteiger partial charge is 0.203 e. The Morgan fingerprint density at radius 1 is 1.62 bits per heavy atom. The lowest BCUT2D eigenvalue weighted by Gasteiger charge is -1.99. The number of nitrogens with two attached hydrogens (primary N) is 2. The molecule has 0 fully saturated rings. The number of nitrogens with one attached hydrogen (secondary N) is 1. The van der Waals surface area contributed by atoms with Crippen molar-refractivity contribution in [1.82, 2.24) is 20.4 Å². The molecule has 1 aromatic rings. The van der Waals surface area contributed by atoms with Gasteiger partial charge in [0.25, 0.3) is 0 Å². The van der Waals surface area contributed by atoms with Crippen LogP contribution in [0.2, 0.25) is 0 Å². The van der Waals surface area contributed by atoms with Gasteiger partial charge in [-0.2, -0.15) is 0 Å². The maximum absolute atomic E-state index is 5.31. The molecule has 1 heterocycles. The van der Waals surface area contributed by atoms with Crippen molar-refractivity contribution >= 4 is 5.96 Å². The van der Waals surface area contributed by atoms with Gasteiger partial charge in [-0.3, -0.25) is 15.1 Å². The van der Waals surface area contributed by atoms with Crippen molar-refractivity contribution in [3.63, 3.8) is 0 Å². The first-order chi connectivity index (χ1) is 6.33. The molecule has 0 saturated carbocycles. The third-order valence-electron chi connectivity index (χ3n) is 1.45. The molecule has 0 radical (unpaired) electrons. The molecule has 1 aromatic heterocycles. The Kier molecular flexibility index (Phi) is 3.71. The number of aromatic nitrogens is 3. The van der Waals surface area contributed by atoms with E-state index >= 15 is 0 Å². The van der Waals surface area contributed by atoms with Crippen LogP contribution in [0.4, 0.5) is 0 Å². The number of aryl methyl sites for hydroxylation is 1. The summed E-state index contributed by atoms with van der Waals surface area (Å²) in [5, 5.41) is 7.47. The summed E-state index contributed by atoms with van der Waals surface area (Å²) in [6, 6.07) is 0. The zero-order chi connectivity index (χ0) is 9.52. The molecular formula is C6H13N7. The van der Waals surface area contributed by atoms with Crippen molar-refractivity contribution < 1.29 is 0 Å². The molecule has 0 aliphatic rings. The summed E-state index contributed by atoms with van der Waals surface area (Å²) in [6.45, 7) is 1.40. The second kappa shape index (κ2) is 5.09. The fourth-order valence-corrected chi connectivity index (χ4v) is 0.830. The van der Waals surface area contributed by atoms with Crippen molar-refractivity contribution in [2.24, 2.45) is 16.6 Å². The molecule has 0 atom stereocenters. The second-order valence-electron chi connectivity index (χ2n) is 2.43. The normalized spacial score (nSPS) is 11.6. The van der Waals surface area contributed by atoms with E-state index in [0.717, 1.165) is 13.0 Å². The lowest BCUT2D eigenvalue weighted by molar-refractivity contribution is 0.564. The van der Waals surface area contributed by atoms with Gasteiger partial charge in [-0.15, -0.1) is 5.10 Å². The van der Waals surface area contributed by atoms with Gasteiger partial charge in [0.05, 0.1) is 6.20 Å². The van der Waals surface area contributed by atoms with Gasteiger partial charge in [-0.25, -0.2) is 5.84 Å². The topological polar surface area (TPSA) is 107 Å². The molecule has 0 aliphatic carbocycles. The van der Waals surface area contributed by atoms with E-state index in [4.69, 9.17) is 11.6 Å². The van der Waals surface area contributed by atoms with Crippen molar-refractivity contribution in [2.45, 2.75) is 13.0 Å². The molecule has 7 heteroatoms. The van der Waals surface area contributed by atoms with E-state index < -0.39 is 0 Å². The lowest BCUT2D eigenvalue weighted by atomic mass is 10.4. The molecule has 0 amide bonds. The number of hydrogen-bond acceptors (Lipinski definition) is 4. The summed E-state index contributed by atoms with van der Waals surface area (Å²) >= 11 is 0. The molecule has 5 N–H and O–H groups in total. The van der Waals surface area contributed by atoms with Gasteiger partial charge < -0.3 is 5.73 Å². The van der Waals surface area contributed by atoms with Crippen molar-refractivity contribution in [3.05, 3.63) is 12.4 Å². The van der Waals surface area contributed by atoms with Gasteiger partial charge in [0.2, 0.25) is 5.96 Å². The van der Waals surface area contributed by atoms with E-state index in [-0.39, 0.29) is 5.96 Å². The third kappa shape index (κ3) is 3.52. The van der Waals surface area contributed by atoms with Crippen molar-refractivity contribution in [1.29, 1.82) is 0 Å². The molecule has 0 bridgehead atoms. The first-order valence-corrected chi connectivity index (χ1v) is 3.93. The highest BCUT2D eigenvalue weighted by Crippen LogP contribution is 1.87. The fourth-order valence-electron chi connectivity index (χ4n) is 0.830. The van der Waals surface area contributed by atoms with E-state index in [0.29, 0.717) is 6.54 Å². The zero-order valence-corrected chi connectivity index (χ0v) is 7.22. The summed E-state index contributed by atoms with van der Waals surface area (Å²) in [4.78, 5) is 3.94. The maximum atomic E-state index is 5.31. The first kappa shape index (κ1) is 9.46. The summed E-state index contributed by atoms with van der Waals surface area (Å²) < 4.78 is 1.74. The summed E-state index contributed by atoms with van der Waals surface area (Å²) in [7, 11) is 0. The number of guanidine groups is 1. The predicted octanol–water partition coefficient (Wildman–Crippen LogP) is -1.55. The highest BCUT2D eigenvalue weighted by Gasteiger charge is 1.91. The second-order valence-corrected chi connectivity index (χ2v) is 2.43. The number of hydrogen-bond donors (Lipinski definition) is 3. The first-order valence-electron chi connectivity index (χ1n) is 3.93. The summed E-state index contributed by atoms with van der Waals surface area (Å²) in [5.41, 5.74) is 7.56. The Bertz CT molecular complexity index is 252. The van der Waals surface area contributed by atoms with E-state index in [2.05, 4.69) is 20.7 Å². The van der Waals surface area contributed by atoms with Crippen molar-refractivity contribution in [2.75, 3.05) is 6.54 Å². The van der Waals surface area contributed by atoms with E-state index in [1.165, 1.54) is 0 Å². The SMILES string of the molecule is NNC(N)=NCCCn1ccnn1. The van der Waals surface area contributed by atoms with E-state index in [1.54, 1.807) is 17.1 Å². The Hall–Kier alpha value is -1.63. The van der Waals surface area contributed by atoms with Gasteiger partial charge in [0.1, 0.15) is 0 Å². The molecule has 0 aliphatic heterocycles. The molecule has 1 rings (SSSR count). The average Bonchev–Trinajstić information content (AvgIpc) is 2.64. The molecule has 72 valence electrons. The minimum Gasteiger partial charge on any atom is -0.369 e.